The highest BCUT2D eigenvalue weighted by atomic mass is 16.5. The molecule has 0 bridgehead atoms. The summed E-state index contributed by atoms with van der Waals surface area (Å²) in [4.78, 5) is 2.58. The molecule has 2 aromatic carbocycles. The predicted molar refractivity (Wildman–Crippen MR) is 104 cm³/mol. The largest absolute Gasteiger partial charge is 0.489 e. The normalized spacial score (nSPS) is 17.8. The molecule has 1 fully saturated rings. The molecule has 1 aliphatic heterocycles. The van der Waals surface area contributed by atoms with E-state index in [2.05, 4.69) is 66.5 Å². The third-order valence-corrected chi connectivity index (χ3v) is 5.22. The van der Waals surface area contributed by atoms with Gasteiger partial charge in [0, 0.05) is 24.7 Å². The molecule has 1 aliphatic rings. The first-order valence-electron chi connectivity index (χ1n) is 9.48. The molecule has 3 nitrogen and oxygen atoms in total. The topological polar surface area (TPSA) is 24.5 Å². The molecule has 3 heteroatoms. The molecule has 1 N–H and O–H groups in total. The maximum Gasteiger partial charge on any atom is 0.124 e. The zero-order chi connectivity index (χ0) is 17.5. The third-order valence-electron chi connectivity index (χ3n) is 5.22. The van der Waals surface area contributed by atoms with Crippen LogP contribution in [0, 0.1) is 6.92 Å². The zero-order valence-electron chi connectivity index (χ0n) is 15.5. The summed E-state index contributed by atoms with van der Waals surface area (Å²) >= 11 is 0. The highest BCUT2D eigenvalue weighted by molar-refractivity contribution is 5.34. The number of hydrogen-bond donors (Lipinski definition) is 1. The van der Waals surface area contributed by atoms with Gasteiger partial charge in [0.2, 0.25) is 0 Å². The Kier molecular flexibility index (Phi) is 6.48. The van der Waals surface area contributed by atoms with Crippen LogP contribution in [-0.2, 0) is 13.2 Å². The van der Waals surface area contributed by atoms with Crippen LogP contribution >= 0.6 is 0 Å². The number of aryl methyl sites for hydroxylation is 1. The molecular weight excluding hydrogens is 308 g/mol. The van der Waals surface area contributed by atoms with E-state index >= 15 is 0 Å². The zero-order valence-corrected chi connectivity index (χ0v) is 15.5. The van der Waals surface area contributed by atoms with Gasteiger partial charge in [-0.3, -0.25) is 4.90 Å². The average Bonchev–Trinajstić information content (AvgIpc) is 3.09. The van der Waals surface area contributed by atoms with Crippen molar-refractivity contribution in [1.82, 2.24) is 10.2 Å². The van der Waals surface area contributed by atoms with Crippen LogP contribution in [0.3, 0.4) is 0 Å². The van der Waals surface area contributed by atoms with E-state index in [9.17, 15) is 0 Å². The minimum absolute atomic E-state index is 0.621. The van der Waals surface area contributed by atoms with Crippen molar-refractivity contribution in [3.05, 3.63) is 65.2 Å². The Morgan fingerprint density at radius 2 is 1.84 bits per heavy atom. The van der Waals surface area contributed by atoms with Crippen LogP contribution in [0.15, 0.2) is 48.5 Å². The number of rotatable bonds is 8. The molecule has 1 saturated heterocycles. The van der Waals surface area contributed by atoms with Crippen LogP contribution in [-0.4, -0.2) is 30.6 Å². The molecule has 3 rings (SSSR count). The number of likely N-dealkylation sites (tertiary alicyclic amines) is 1. The minimum atomic E-state index is 0.621. The second-order valence-corrected chi connectivity index (χ2v) is 6.88. The maximum absolute atomic E-state index is 6.12. The van der Waals surface area contributed by atoms with Gasteiger partial charge in [-0.1, -0.05) is 49.4 Å². The van der Waals surface area contributed by atoms with Crippen molar-refractivity contribution in [3.8, 4) is 5.75 Å². The molecular formula is C22H30N2O. The molecule has 2 aromatic rings. The summed E-state index contributed by atoms with van der Waals surface area (Å²) in [5.41, 5.74) is 3.76. The summed E-state index contributed by atoms with van der Waals surface area (Å²) < 4.78 is 6.12. The number of hydrogen-bond acceptors (Lipinski definition) is 3. The van der Waals surface area contributed by atoms with Crippen molar-refractivity contribution >= 4 is 0 Å². The van der Waals surface area contributed by atoms with E-state index in [1.807, 2.05) is 6.07 Å². The van der Waals surface area contributed by atoms with Gasteiger partial charge in [0.25, 0.3) is 0 Å². The van der Waals surface area contributed by atoms with Crippen LogP contribution in [0.5, 0.6) is 5.75 Å². The van der Waals surface area contributed by atoms with E-state index in [1.165, 1.54) is 36.1 Å². The first kappa shape index (κ1) is 18.0. The quantitative estimate of drug-likeness (QED) is 0.782. The van der Waals surface area contributed by atoms with Crippen molar-refractivity contribution in [2.75, 3.05) is 19.6 Å². The molecule has 25 heavy (non-hydrogen) atoms. The number of nitrogens with one attached hydrogen (secondary N) is 1. The molecule has 0 radical (unpaired) electrons. The van der Waals surface area contributed by atoms with Gasteiger partial charge in [-0.25, -0.2) is 0 Å². The van der Waals surface area contributed by atoms with E-state index in [0.29, 0.717) is 12.6 Å². The van der Waals surface area contributed by atoms with Crippen molar-refractivity contribution < 1.29 is 4.74 Å². The Morgan fingerprint density at radius 1 is 1.08 bits per heavy atom. The number of likely N-dealkylation sites (N-methyl/N-ethyl adjacent to an activating group) is 1. The summed E-state index contributed by atoms with van der Waals surface area (Å²) in [5, 5.41) is 3.64. The molecule has 0 spiro atoms. The van der Waals surface area contributed by atoms with Crippen LogP contribution < -0.4 is 10.1 Å². The number of ether oxygens (including phenoxy) is 1. The number of nitrogens with zero attached hydrogens (tertiary/aromatic N) is 1. The van der Waals surface area contributed by atoms with Gasteiger partial charge in [0.1, 0.15) is 12.4 Å². The average molecular weight is 338 g/mol. The lowest BCUT2D eigenvalue weighted by atomic mass is 10.1. The number of benzene rings is 2. The molecule has 0 aliphatic carbocycles. The maximum atomic E-state index is 6.12. The Labute approximate surface area is 152 Å². The fourth-order valence-electron chi connectivity index (χ4n) is 3.63. The van der Waals surface area contributed by atoms with Crippen LogP contribution in [0.1, 0.15) is 36.5 Å². The van der Waals surface area contributed by atoms with Crippen LogP contribution in [0.25, 0.3) is 0 Å². The second-order valence-electron chi connectivity index (χ2n) is 6.88. The Morgan fingerprint density at radius 3 is 2.64 bits per heavy atom. The van der Waals surface area contributed by atoms with Crippen molar-refractivity contribution in [2.45, 2.75) is 45.9 Å². The minimum Gasteiger partial charge on any atom is -0.489 e. The Bertz CT molecular complexity index is 671. The Balaban J connectivity index is 1.55. The van der Waals surface area contributed by atoms with Gasteiger partial charge in [-0.05, 0) is 50.0 Å². The standard InChI is InChI=1S/C22H30N2O/c1-3-24-14-8-12-21(24)16-23-15-19-10-6-7-13-22(19)25-17-20-11-5-4-9-18(20)2/h4-7,9-11,13,21,23H,3,8,12,14-17H2,1-2H3. The molecule has 134 valence electrons. The van der Waals surface area contributed by atoms with E-state index in [4.69, 9.17) is 4.74 Å². The number of para-hydroxylation sites is 1. The fraction of sp³-hybridized carbons (Fsp3) is 0.455. The van der Waals surface area contributed by atoms with Crippen molar-refractivity contribution in [3.63, 3.8) is 0 Å². The van der Waals surface area contributed by atoms with Crippen molar-refractivity contribution in [2.24, 2.45) is 0 Å². The summed E-state index contributed by atoms with van der Waals surface area (Å²) in [6.45, 7) is 9.33. The molecule has 1 heterocycles. The molecule has 1 unspecified atom stereocenters. The smallest absolute Gasteiger partial charge is 0.124 e. The van der Waals surface area contributed by atoms with Crippen molar-refractivity contribution in [1.29, 1.82) is 0 Å². The monoisotopic (exact) mass is 338 g/mol. The SMILES string of the molecule is CCN1CCCC1CNCc1ccccc1OCc1ccccc1C. The van der Waals surface area contributed by atoms with Crippen LogP contribution in [0.2, 0.25) is 0 Å². The highest BCUT2D eigenvalue weighted by Gasteiger charge is 2.22. The lowest BCUT2D eigenvalue weighted by molar-refractivity contribution is 0.259. The highest BCUT2D eigenvalue weighted by Crippen LogP contribution is 2.21. The second kappa shape index (κ2) is 9.02. The van der Waals surface area contributed by atoms with E-state index < -0.39 is 0 Å². The molecule has 0 aromatic heterocycles. The summed E-state index contributed by atoms with van der Waals surface area (Å²) in [6.07, 6.45) is 2.64. The van der Waals surface area contributed by atoms with E-state index in [-0.39, 0.29) is 0 Å². The van der Waals surface area contributed by atoms with E-state index in [1.54, 1.807) is 0 Å². The lowest BCUT2D eigenvalue weighted by Crippen LogP contribution is -2.37. The third kappa shape index (κ3) is 4.83. The van der Waals surface area contributed by atoms with Crippen LogP contribution in [0.4, 0.5) is 0 Å². The summed E-state index contributed by atoms with van der Waals surface area (Å²) in [7, 11) is 0. The van der Waals surface area contributed by atoms with Gasteiger partial charge in [0.05, 0.1) is 0 Å². The molecule has 0 saturated carbocycles. The lowest BCUT2D eigenvalue weighted by Gasteiger charge is -2.23. The molecule has 0 amide bonds. The van der Waals surface area contributed by atoms with Gasteiger partial charge < -0.3 is 10.1 Å². The van der Waals surface area contributed by atoms with Gasteiger partial charge in [-0.15, -0.1) is 0 Å². The summed E-state index contributed by atoms with van der Waals surface area (Å²) in [6, 6.07) is 17.5. The van der Waals surface area contributed by atoms with Gasteiger partial charge in [0.15, 0.2) is 0 Å². The van der Waals surface area contributed by atoms with Gasteiger partial charge >= 0.3 is 0 Å². The van der Waals surface area contributed by atoms with E-state index in [0.717, 1.165) is 25.4 Å². The first-order chi connectivity index (χ1) is 12.3. The van der Waals surface area contributed by atoms with Gasteiger partial charge in [-0.2, -0.15) is 0 Å². The first-order valence-corrected chi connectivity index (χ1v) is 9.48. The fourth-order valence-corrected chi connectivity index (χ4v) is 3.63. The Hall–Kier alpha value is -1.84. The summed E-state index contributed by atoms with van der Waals surface area (Å²) in [5.74, 6) is 0.983. The molecule has 1 atom stereocenters. The predicted octanol–water partition coefficient (Wildman–Crippen LogP) is 4.15.